The van der Waals surface area contributed by atoms with Crippen LogP contribution in [-0.2, 0) is 19.0 Å². The first kappa shape index (κ1) is 17.7. The minimum atomic E-state index is -1.76. The van der Waals surface area contributed by atoms with E-state index < -0.39 is 19.3 Å². The van der Waals surface area contributed by atoms with E-state index in [9.17, 15) is 4.79 Å². The van der Waals surface area contributed by atoms with Crippen LogP contribution in [0.3, 0.4) is 0 Å². The molecule has 5 heteroatoms. The van der Waals surface area contributed by atoms with Crippen molar-refractivity contribution in [2.24, 2.45) is 5.41 Å². The molecule has 1 heterocycles. The molecule has 1 unspecified atom stereocenters. The van der Waals surface area contributed by atoms with Gasteiger partial charge >= 0.3 is 5.97 Å². The zero-order chi connectivity index (χ0) is 15.4. The van der Waals surface area contributed by atoms with E-state index in [1.807, 2.05) is 20.8 Å². The Morgan fingerprint density at radius 1 is 1.25 bits per heavy atom. The average Bonchev–Trinajstić information content (AvgIpc) is 2.71. The summed E-state index contributed by atoms with van der Waals surface area (Å²) in [6.07, 6.45) is 1.39. The van der Waals surface area contributed by atoms with Crippen LogP contribution in [0.4, 0.5) is 0 Å². The molecule has 0 aromatic rings. The first-order chi connectivity index (χ1) is 9.22. The molecule has 0 saturated carbocycles. The molecular weight excluding hydrogens is 272 g/mol. The summed E-state index contributed by atoms with van der Waals surface area (Å²) in [5.74, 6) is -0.112. The number of carbonyl (C=O) groups excluding carboxylic acids is 1. The van der Waals surface area contributed by atoms with E-state index in [1.165, 1.54) is 0 Å². The van der Waals surface area contributed by atoms with Crippen molar-refractivity contribution in [1.82, 2.24) is 0 Å². The highest BCUT2D eigenvalue weighted by Gasteiger charge is 2.45. The van der Waals surface area contributed by atoms with Gasteiger partial charge in [0.05, 0.1) is 17.6 Å². The molecule has 0 spiro atoms. The van der Waals surface area contributed by atoms with Crippen molar-refractivity contribution in [3.05, 3.63) is 0 Å². The van der Waals surface area contributed by atoms with Crippen LogP contribution in [-0.4, -0.2) is 26.5 Å². The van der Waals surface area contributed by atoms with E-state index in [0.717, 1.165) is 24.6 Å². The Kier molecular flexibility index (Phi) is 5.81. The Morgan fingerprint density at radius 2 is 1.80 bits per heavy atom. The Balaban J connectivity index is 2.63. The van der Waals surface area contributed by atoms with E-state index >= 15 is 0 Å². The molecule has 0 aromatic heterocycles. The Labute approximate surface area is 124 Å². The lowest BCUT2D eigenvalue weighted by Crippen LogP contribution is -2.42. The lowest BCUT2D eigenvalue weighted by atomic mass is 9.79. The van der Waals surface area contributed by atoms with E-state index in [2.05, 4.69) is 20.8 Å². The lowest BCUT2D eigenvalue weighted by molar-refractivity contribution is -0.298. The summed E-state index contributed by atoms with van der Waals surface area (Å²) in [5, 5.41) is 0. The molecule has 1 aliphatic heterocycles. The number of ether oxygens (including phenoxy) is 1. The van der Waals surface area contributed by atoms with Gasteiger partial charge in [0.2, 0.25) is 8.32 Å². The fourth-order valence-corrected chi connectivity index (χ4v) is 5.16. The smallest absolute Gasteiger partial charge is 0.312 e. The largest absolute Gasteiger partial charge is 0.465 e. The van der Waals surface area contributed by atoms with E-state index in [4.69, 9.17) is 14.2 Å². The molecule has 1 atom stereocenters. The maximum Gasteiger partial charge on any atom is 0.312 e. The molecule has 4 nitrogen and oxygen atoms in total. The van der Waals surface area contributed by atoms with Crippen LogP contribution in [0.15, 0.2) is 0 Å². The third-order valence-corrected chi connectivity index (χ3v) is 8.88. The predicted molar refractivity (Wildman–Crippen MR) is 81.7 cm³/mol. The van der Waals surface area contributed by atoms with Gasteiger partial charge in [0.1, 0.15) is 0 Å². The molecule has 0 aliphatic carbocycles. The topological polar surface area (TPSA) is 44.8 Å². The molecule has 1 fully saturated rings. The van der Waals surface area contributed by atoms with Gasteiger partial charge < -0.3 is 4.74 Å². The molecular formula is C15H30O4Si. The van der Waals surface area contributed by atoms with Crippen molar-refractivity contribution in [3.8, 4) is 0 Å². The zero-order valence-electron chi connectivity index (χ0n) is 13.9. The van der Waals surface area contributed by atoms with Gasteiger partial charge in [-0.25, -0.2) is 4.89 Å². The summed E-state index contributed by atoms with van der Waals surface area (Å²) < 4.78 is 11.0. The maximum absolute atomic E-state index is 11.8. The third-order valence-electron chi connectivity index (χ3n) is 4.57. The molecule has 0 radical (unpaired) electrons. The molecule has 1 saturated heterocycles. The minimum Gasteiger partial charge on any atom is -0.465 e. The van der Waals surface area contributed by atoms with Gasteiger partial charge in [-0.05, 0) is 51.7 Å². The second-order valence-electron chi connectivity index (χ2n) is 6.79. The second kappa shape index (κ2) is 6.58. The molecule has 20 heavy (non-hydrogen) atoms. The van der Waals surface area contributed by atoms with Crippen molar-refractivity contribution in [3.63, 3.8) is 0 Å². The van der Waals surface area contributed by atoms with Crippen LogP contribution in [0, 0.1) is 5.41 Å². The van der Waals surface area contributed by atoms with Gasteiger partial charge in [0, 0.05) is 0 Å². The van der Waals surface area contributed by atoms with Crippen LogP contribution < -0.4 is 0 Å². The van der Waals surface area contributed by atoms with E-state index in [-0.39, 0.29) is 5.97 Å². The predicted octanol–water partition coefficient (Wildman–Crippen LogP) is 4.06. The molecule has 1 aliphatic rings. The molecule has 118 valence electrons. The monoisotopic (exact) mass is 302 g/mol. The average molecular weight is 302 g/mol. The number of hydrogen-bond donors (Lipinski definition) is 0. The summed E-state index contributed by atoms with van der Waals surface area (Å²) in [5.41, 5.74) is -0.919. The van der Waals surface area contributed by atoms with Crippen molar-refractivity contribution < 1.29 is 19.0 Å². The summed E-state index contributed by atoms with van der Waals surface area (Å²) in [6, 6.07) is 3.15. The van der Waals surface area contributed by atoms with Crippen molar-refractivity contribution in [1.29, 1.82) is 0 Å². The van der Waals surface area contributed by atoms with Crippen LogP contribution in [0.2, 0.25) is 18.1 Å². The molecule has 0 bridgehead atoms. The van der Waals surface area contributed by atoms with Crippen molar-refractivity contribution >= 4 is 14.3 Å². The lowest BCUT2D eigenvalue weighted by Gasteiger charge is -2.35. The van der Waals surface area contributed by atoms with Crippen LogP contribution in [0.25, 0.3) is 0 Å². The van der Waals surface area contributed by atoms with E-state index in [1.54, 1.807) is 0 Å². The minimum absolute atomic E-state index is 0.112. The van der Waals surface area contributed by atoms with Crippen LogP contribution in [0.1, 0.15) is 54.4 Å². The van der Waals surface area contributed by atoms with Gasteiger partial charge in [-0.3, -0.25) is 9.37 Å². The molecule has 0 amide bonds. The van der Waals surface area contributed by atoms with Gasteiger partial charge in [-0.15, -0.1) is 0 Å². The highest BCUT2D eigenvalue weighted by Crippen LogP contribution is 2.39. The highest BCUT2D eigenvalue weighted by molar-refractivity contribution is 6.73. The van der Waals surface area contributed by atoms with E-state index in [0.29, 0.717) is 13.0 Å². The van der Waals surface area contributed by atoms with Gasteiger partial charge in [-0.1, -0.05) is 20.8 Å². The Bertz CT molecular complexity index is 331. The van der Waals surface area contributed by atoms with Gasteiger partial charge in [0.25, 0.3) is 0 Å². The molecule has 0 aromatic carbocycles. The number of carbonyl (C=O) groups is 1. The number of cyclic esters (lactones) is 1. The normalized spacial score (nSPS) is 24.0. The zero-order valence-corrected chi connectivity index (χ0v) is 14.9. The number of rotatable bonds is 8. The number of esters is 1. The fraction of sp³-hybridized carbons (Fsp3) is 0.933. The Morgan fingerprint density at radius 3 is 2.20 bits per heavy atom. The van der Waals surface area contributed by atoms with Gasteiger partial charge in [0.15, 0.2) is 0 Å². The summed E-state index contributed by atoms with van der Waals surface area (Å²) >= 11 is 0. The standard InChI is InChI=1S/C15H30O4Si/c1-7-20(8-2,9-3)19-18-14(4,5)12-15(6)10-11-17-13(15)16/h7-12H2,1-6H3. The first-order valence-electron chi connectivity index (χ1n) is 7.76. The highest BCUT2D eigenvalue weighted by atomic mass is 28.4. The van der Waals surface area contributed by atoms with Gasteiger partial charge in [-0.2, -0.15) is 0 Å². The summed E-state index contributed by atoms with van der Waals surface area (Å²) in [7, 11) is -1.76. The first-order valence-corrected chi connectivity index (χ1v) is 10.3. The van der Waals surface area contributed by atoms with Crippen LogP contribution >= 0.6 is 0 Å². The van der Waals surface area contributed by atoms with Crippen LogP contribution in [0.5, 0.6) is 0 Å². The summed E-state index contributed by atoms with van der Waals surface area (Å²) in [6.45, 7) is 13.0. The third kappa shape index (κ3) is 4.05. The quantitative estimate of drug-likeness (QED) is 0.293. The molecule has 0 N–H and O–H groups in total. The fourth-order valence-electron chi connectivity index (χ4n) is 2.90. The maximum atomic E-state index is 11.8. The second-order valence-corrected chi connectivity index (χ2v) is 11.4. The Hall–Kier alpha value is -0.393. The van der Waals surface area contributed by atoms with Crippen molar-refractivity contribution in [2.45, 2.75) is 78.1 Å². The SMILES string of the molecule is CC[Si](CC)(CC)OOC(C)(C)CC1(C)CCOC1=O. The molecule has 1 rings (SSSR count). The van der Waals surface area contributed by atoms with Crippen molar-refractivity contribution in [2.75, 3.05) is 6.61 Å². The summed E-state index contributed by atoms with van der Waals surface area (Å²) in [4.78, 5) is 17.6. The number of hydrogen-bond acceptors (Lipinski definition) is 4.